The molecule has 25 heavy (non-hydrogen) atoms. The third kappa shape index (κ3) is 2.78. The Balaban J connectivity index is 1.72. The number of hydrogen-bond acceptors (Lipinski definition) is 6. The first-order chi connectivity index (χ1) is 12.1. The van der Waals surface area contributed by atoms with Gasteiger partial charge in [-0.15, -0.1) is 5.10 Å². The summed E-state index contributed by atoms with van der Waals surface area (Å²) >= 11 is 0. The lowest BCUT2D eigenvalue weighted by atomic mass is 10.2. The maximum absolute atomic E-state index is 12.1. The number of nitrogens with zero attached hydrogens (tertiary/aromatic N) is 4. The fourth-order valence-corrected chi connectivity index (χ4v) is 2.44. The summed E-state index contributed by atoms with van der Waals surface area (Å²) in [6.07, 6.45) is 2.89. The first-order valence-electron chi connectivity index (χ1n) is 7.34. The van der Waals surface area contributed by atoms with Gasteiger partial charge in [-0.05, 0) is 12.1 Å². The van der Waals surface area contributed by atoms with Crippen LogP contribution >= 0.6 is 0 Å². The number of aromatic amines is 1. The zero-order chi connectivity index (χ0) is 17.4. The molecule has 1 aromatic carbocycles. The summed E-state index contributed by atoms with van der Waals surface area (Å²) < 4.78 is 7.84. The van der Waals surface area contributed by atoms with Crippen LogP contribution in [-0.2, 0) is 6.54 Å². The van der Waals surface area contributed by atoms with Crippen molar-refractivity contribution in [2.24, 2.45) is 0 Å². The van der Waals surface area contributed by atoms with Gasteiger partial charge in [-0.3, -0.25) is 14.3 Å². The number of aromatic nitrogens is 5. The molecule has 9 heteroatoms. The van der Waals surface area contributed by atoms with E-state index in [4.69, 9.17) is 4.42 Å². The highest BCUT2D eigenvalue weighted by Crippen LogP contribution is 2.14. The van der Waals surface area contributed by atoms with Crippen molar-refractivity contribution in [2.45, 2.75) is 6.54 Å². The summed E-state index contributed by atoms with van der Waals surface area (Å²) in [5, 5.41) is 8.63. The second-order valence-corrected chi connectivity index (χ2v) is 5.35. The molecule has 9 nitrogen and oxygen atoms in total. The topological polar surface area (TPSA) is 116 Å². The lowest BCUT2D eigenvalue weighted by molar-refractivity contribution is 0.550. The molecule has 0 atom stereocenters. The highest BCUT2D eigenvalue weighted by Gasteiger charge is 2.10. The van der Waals surface area contributed by atoms with Crippen LogP contribution in [0.4, 0.5) is 0 Å². The van der Waals surface area contributed by atoms with Crippen LogP contribution < -0.4 is 16.9 Å². The van der Waals surface area contributed by atoms with E-state index in [1.807, 2.05) is 12.1 Å². The number of rotatable bonds is 3. The van der Waals surface area contributed by atoms with Crippen molar-refractivity contribution in [3.8, 4) is 5.69 Å². The zero-order valence-corrected chi connectivity index (χ0v) is 12.7. The lowest BCUT2D eigenvalue weighted by Gasteiger charge is -2.01. The quantitative estimate of drug-likeness (QED) is 0.537. The average molecular weight is 337 g/mol. The van der Waals surface area contributed by atoms with Crippen LogP contribution in [0.2, 0.25) is 0 Å². The number of H-pyrrole nitrogens is 1. The monoisotopic (exact) mass is 337 g/mol. The van der Waals surface area contributed by atoms with Crippen molar-refractivity contribution in [2.75, 3.05) is 0 Å². The number of fused-ring (bicyclic) bond motifs is 1. The molecule has 0 aliphatic carbocycles. The summed E-state index contributed by atoms with van der Waals surface area (Å²) in [6.45, 7) is 0.106. The van der Waals surface area contributed by atoms with Crippen molar-refractivity contribution in [1.29, 1.82) is 0 Å². The Hall–Kier alpha value is -3.75. The number of para-hydroxylation sites is 1. The Morgan fingerprint density at radius 3 is 2.80 bits per heavy atom. The molecule has 0 bridgehead atoms. The molecular weight excluding hydrogens is 326 g/mol. The van der Waals surface area contributed by atoms with Gasteiger partial charge in [-0.1, -0.05) is 23.4 Å². The Morgan fingerprint density at radius 2 is 1.96 bits per heavy atom. The van der Waals surface area contributed by atoms with Crippen LogP contribution in [0.15, 0.2) is 67.6 Å². The maximum atomic E-state index is 12.1. The Morgan fingerprint density at radius 1 is 1.12 bits per heavy atom. The highest BCUT2D eigenvalue weighted by molar-refractivity contribution is 5.77. The molecule has 4 aromatic rings. The largest absolute Gasteiger partial charge is 0.421 e. The first kappa shape index (κ1) is 14.8. The van der Waals surface area contributed by atoms with Crippen LogP contribution in [0.25, 0.3) is 16.7 Å². The van der Waals surface area contributed by atoms with Gasteiger partial charge in [-0.25, -0.2) is 14.3 Å². The molecule has 4 rings (SSSR count). The normalized spacial score (nSPS) is 11.0. The van der Waals surface area contributed by atoms with Crippen LogP contribution in [0.1, 0.15) is 5.69 Å². The summed E-state index contributed by atoms with van der Waals surface area (Å²) in [5.74, 6) is 0. The Labute approximate surface area is 138 Å². The minimum Gasteiger partial charge on any atom is -0.421 e. The molecule has 0 spiro atoms. The fraction of sp³-hybridized carbons (Fsp3) is 0.0625. The minimum absolute atomic E-state index is 0.106. The van der Waals surface area contributed by atoms with Gasteiger partial charge in [0, 0.05) is 17.6 Å². The van der Waals surface area contributed by atoms with Crippen molar-refractivity contribution in [3.05, 3.63) is 85.7 Å². The van der Waals surface area contributed by atoms with E-state index in [-0.39, 0.29) is 12.2 Å². The molecule has 124 valence electrons. The van der Waals surface area contributed by atoms with E-state index in [1.165, 1.54) is 27.7 Å². The second kappa shape index (κ2) is 5.71. The number of nitrogens with one attached hydrogen (secondary N) is 1. The molecule has 0 saturated carbocycles. The van der Waals surface area contributed by atoms with Crippen molar-refractivity contribution < 1.29 is 4.42 Å². The van der Waals surface area contributed by atoms with Gasteiger partial charge in [-0.2, -0.15) is 0 Å². The molecule has 0 saturated heterocycles. The van der Waals surface area contributed by atoms with E-state index in [0.29, 0.717) is 11.3 Å². The van der Waals surface area contributed by atoms with Gasteiger partial charge < -0.3 is 4.42 Å². The Kier molecular flexibility index (Phi) is 3.38. The molecule has 0 unspecified atom stereocenters. The summed E-state index contributed by atoms with van der Waals surface area (Å²) in [4.78, 5) is 37.1. The van der Waals surface area contributed by atoms with Gasteiger partial charge in [0.15, 0.2) is 5.69 Å². The van der Waals surface area contributed by atoms with E-state index in [1.54, 1.807) is 18.2 Å². The van der Waals surface area contributed by atoms with Gasteiger partial charge in [0.1, 0.15) is 11.3 Å². The summed E-state index contributed by atoms with van der Waals surface area (Å²) in [6, 6.07) is 10.0. The molecule has 3 heterocycles. The third-order valence-corrected chi connectivity index (χ3v) is 3.64. The maximum Gasteiger partial charge on any atom is 0.362 e. The van der Waals surface area contributed by atoms with Crippen molar-refractivity contribution >= 4 is 11.0 Å². The third-order valence-electron chi connectivity index (χ3n) is 3.64. The molecule has 1 N–H and O–H groups in total. The van der Waals surface area contributed by atoms with Gasteiger partial charge in [0.2, 0.25) is 0 Å². The van der Waals surface area contributed by atoms with Crippen molar-refractivity contribution in [1.82, 2.24) is 24.5 Å². The standard InChI is InChI=1S/C16H11N5O4/c22-14-5-6-20(16(24)17-14)8-11-9-21(19-18-11)12-7-10-3-1-2-4-13(10)25-15(12)23/h1-7,9H,8H2,(H,17,22,24). The molecule has 0 aliphatic rings. The molecule has 0 radical (unpaired) electrons. The van der Waals surface area contributed by atoms with Crippen molar-refractivity contribution in [3.63, 3.8) is 0 Å². The van der Waals surface area contributed by atoms with Gasteiger partial charge in [0.05, 0.1) is 12.7 Å². The molecular formula is C16H11N5O4. The lowest BCUT2D eigenvalue weighted by Crippen LogP contribution is -2.28. The summed E-state index contributed by atoms with van der Waals surface area (Å²) in [5.41, 5.74) is -0.424. The smallest absolute Gasteiger partial charge is 0.362 e. The van der Waals surface area contributed by atoms with Gasteiger partial charge >= 0.3 is 11.3 Å². The fourth-order valence-electron chi connectivity index (χ4n) is 2.44. The van der Waals surface area contributed by atoms with Crippen LogP contribution in [-0.4, -0.2) is 24.5 Å². The second-order valence-electron chi connectivity index (χ2n) is 5.35. The zero-order valence-electron chi connectivity index (χ0n) is 12.7. The number of hydrogen-bond donors (Lipinski definition) is 1. The molecule has 0 aliphatic heterocycles. The van der Waals surface area contributed by atoms with E-state index < -0.39 is 16.9 Å². The minimum atomic E-state index is -0.549. The highest BCUT2D eigenvalue weighted by atomic mass is 16.4. The van der Waals surface area contributed by atoms with E-state index in [9.17, 15) is 14.4 Å². The predicted molar refractivity (Wildman–Crippen MR) is 87.8 cm³/mol. The average Bonchev–Trinajstić information content (AvgIpc) is 3.05. The Bertz CT molecular complexity index is 1250. The van der Waals surface area contributed by atoms with E-state index in [2.05, 4.69) is 15.3 Å². The molecule has 0 fully saturated rings. The SMILES string of the molecule is O=c1ccn(Cc2cn(-c3cc4ccccc4oc3=O)nn2)c(=O)[nH]1. The van der Waals surface area contributed by atoms with Crippen LogP contribution in [0.3, 0.4) is 0 Å². The van der Waals surface area contributed by atoms with E-state index >= 15 is 0 Å². The van der Waals surface area contributed by atoms with E-state index in [0.717, 1.165) is 5.39 Å². The molecule has 0 amide bonds. The van der Waals surface area contributed by atoms with Crippen LogP contribution in [0.5, 0.6) is 0 Å². The first-order valence-corrected chi connectivity index (χ1v) is 7.34. The van der Waals surface area contributed by atoms with Gasteiger partial charge in [0.25, 0.3) is 5.56 Å². The summed E-state index contributed by atoms with van der Waals surface area (Å²) in [7, 11) is 0. The number of benzene rings is 1. The van der Waals surface area contributed by atoms with Crippen LogP contribution in [0, 0.1) is 0 Å². The predicted octanol–water partition coefficient (Wildman–Crippen LogP) is 0.272. The molecule has 3 aromatic heterocycles.